The second-order valence-corrected chi connectivity index (χ2v) is 4.65. The number of anilines is 1. The van der Waals surface area contributed by atoms with Crippen LogP contribution in [0.1, 0.15) is 15.9 Å². The van der Waals surface area contributed by atoms with Gasteiger partial charge in [-0.05, 0) is 48.5 Å². The van der Waals surface area contributed by atoms with Crippen molar-refractivity contribution >= 4 is 11.5 Å². The third kappa shape index (κ3) is 4.60. The Kier molecular flexibility index (Phi) is 5.05. The molecule has 0 unspecified atom stereocenters. The highest BCUT2D eigenvalue weighted by molar-refractivity contribution is 6.04. The quantitative estimate of drug-likeness (QED) is 0.650. The number of carbonyl (C=O) groups is 1. The van der Waals surface area contributed by atoms with E-state index in [1.807, 2.05) is 0 Å². The van der Waals surface area contributed by atoms with Gasteiger partial charge in [-0.2, -0.15) is 13.2 Å². The van der Waals surface area contributed by atoms with Gasteiger partial charge in [0.05, 0.1) is 12.7 Å². The van der Waals surface area contributed by atoms with Crippen molar-refractivity contribution in [1.82, 2.24) is 0 Å². The van der Waals surface area contributed by atoms with Crippen molar-refractivity contribution in [1.29, 1.82) is 0 Å². The molecular weight excluding hydrogens is 307 g/mol. The van der Waals surface area contributed by atoms with Crippen LogP contribution in [0.2, 0.25) is 0 Å². The molecule has 0 spiro atoms. The summed E-state index contributed by atoms with van der Waals surface area (Å²) in [7, 11) is 1.53. The van der Waals surface area contributed by atoms with Crippen LogP contribution in [0.25, 0.3) is 0 Å². The topological polar surface area (TPSA) is 38.3 Å². The maximum atomic E-state index is 12.4. The Morgan fingerprint density at radius 2 is 1.65 bits per heavy atom. The zero-order valence-corrected chi connectivity index (χ0v) is 12.2. The molecule has 0 fully saturated rings. The van der Waals surface area contributed by atoms with Crippen LogP contribution in [0.3, 0.4) is 0 Å². The molecule has 2 rings (SSSR count). The van der Waals surface area contributed by atoms with E-state index >= 15 is 0 Å². The highest BCUT2D eigenvalue weighted by Gasteiger charge is 2.29. The summed E-state index contributed by atoms with van der Waals surface area (Å²) in [5.74, 6) is 0.417. The lowest BCUT2D eigenvalue weighted by Crippen LogP contribution is -2.04. The molecule has 0 radical (unpaired) electrons. The van der Waals surface area contributed by atoms with E-state index in [0.717, 1.165) is 12.1 Å². The SMILES string of the molecule is COc1ccc(C(=O)C=CNc2ccc(C(F)(F)F)cc2)cc1. The number of hydrogen-bond acceptors (Lipinski definition) is 3. The van der Waals surface area contributed by atoms with Crippen molar-refractivity contribution in [2.24, 2.45) is 0 Å². The lowest BCUT2D eigenvalue weighted by molar-refractivity contribution is -0.137. The molecule has 0 aromatic heterocycles. The van der Waals surface area contributed by atoms with Crippen LogP contribution < -0.4 is 10.1 Å². The zero-order valence-electron chi connectivity index (χ0n) is 12.2. The zero-order chi connectivity index (χ0) is 16.9. The minimum absolute atomic E-state index is 0.230. The molecule has 2 aromatic rings. The highest BCUT2D eigenvalue weighted by atomic mass is 19.4. The molecule has 3 nitrogen and oxygen atoms in total. The number of rotatable bonds is 5. The van der Waals surface area contributed by atoms with Gasteiger partial charge in [0.25, 0.3) is 0 Å². The third-order valence-corrected chi connectivity index (χ3v) is 3.07. The summed E-state index contributed by atoms with van der Waals surface area (Å²) >= 11 is 0. The number of methoxy groups -OCH3 is 1. The molecule has 0 saturated carbocycles. The van der Waals surface area contributed by atoms with Crippen LogP contribution >= 0.6 is 0 Å². The molecule has 0 saturated heterocycles. The Morgan fingerprint density at radius 3 is 2.17 bits per heavy atom. The molecular formula is C17H14F3NO2. The molecule has 6 heteroatoms. The van der Waals surface area contributed by atoms with E-state index in [-0.39, 0.29) is 5.78 Å². The molecule has 2 aromatic carbocycles. The number of allylic oxidation sites excluding steroid dienone is 1. The number of ether oxygens (including phenoxy) is 1. The van der Waals surface area contributed by atoms with Crippen molar-refractivity contribution in [2.45, 2.75) is 6.18 Å². The molecule has 0 atom stereocenters. The van der Waals surface area contributed by atoms with Crippen molar-refractivity contribution in [2.75, 3.05) is 12.4 Å². The summed E-state index contributed by atoms with van der Waals surface area (Å²) < 4.78 is 42.3. The first-order valence-electron chi connectivity index (χ1n) is 6.69. The summed E-state index contributed by atoms with van der Waals surface area (Å²) in [5, 5.41) is 2.75. The standard InChI is InChI=1S/C17H14F3NO2/c1-23-15-8-2-12(3-9-15)16(22)10-11-21-14-6-4-13(5-7-14)17(18,19)20/h2-11,21H,1H3. The van der Waals surface area contributed by atoms with Gasteiger partial charge in [0.1, 0.15) is 5.75 Å². The average Bonchev–Trinajstić information content (AvgIpc) is 2.54. The van der Waals surface area contributed by atoms with Crippen LogP contribution in [0, 0.1) is 0 Å². The van der Waals surface area contributed by atoms with Crippen LogP contribution in [0.5, 0.6) is 5.75 Å². The first-order valence-corrected chi connectivity index (χ1v) is 6.69. The van der Waals surface area contributed by atoms with Gasteiger partial charge in [-0.15, -0.1) is 0 Å². The Morgan fingerprint density at radius 1 is 1.04 bits per heavy atom. The Labute approximate surface area is 131 Å². The molecule has 0 aliphatic rings. The fourth-order valence-electron chi connectivity index (χ4n) is 1.82. The van der Waals surface area contributed by atoms with Crippen LogP contribution in [0.15, 0.2) is 60.8 Å². The first-order chi connectivity index (χ1) is 10.9. The summed E-state index contributed by atoms with van der Waals surface area (Å²) in [6.45, 7) is 0. The summed E-state index contributed by atoms with van der Waals surface area (Å²) in [4.78, 5) is 11.9. The number of halogens is 3. The third-order valence-electron chi connectivity index (χ3n) is 3.07. The van der Waals surface area contributed by atoms with Crippen molar-refractivity contribution in [3.05, 3.63) is 71.9 Å². The predicted octanol–water partition coefficient (Wildman–Crippen LogP) is 4.52. The average molecular weight is 321 g/mol. The number of ketones is 1. The second kappa shape index (κ2) is 7.00. The van der Waals surface area contributed by atoms with Gasteiger partial charge in [0, 0.05) is 23.5 Å². The number of alkyl halides is 3. The maximum absolute atomic E-state index is 12.4. The highest BCUT2D eigenvalue weighted by Crippen LogP contribution is 2.29. The molecule has 23 heavy (non-hydrogen) atoms. The van der Waals surface area contributed by atoms with Crippen LogP contribution in [0.4, 0.5) is 18.9 Å². The smallest absolute Gasteiger partial charge is 0.416 e. The van der Waals surface area contributed by atoms with Gasteiger partial charge in [-0.25, -0.2) is 0 Å². The van der Waals surface area contributed by atoms with Gasteiger partial charge in [0.2, 0.25) is 0 Å². The lowest BCUT2D eigenvalue weighted by atomic mass is 10.1. The second-order valence-electron chi connectivity index (χ2n) is 4.65. The Balaban J connectivity index is 1.96. The molecule has 0 aliphatic heterocycles. The summed E-state index contributed by atoms with van der Waals surface area (Å²) in [5.41, 5.74) is 0.217. The predicted molar refractivity (Wildman–Crippen MR) is 81.5 cm³/mol. The van der Waals surface area contributed by atoms with Crippen molar-refractivity contribution < 1.29 is 22.7 Å². The van der Waals surface area contributed by atoms with Crippen LogP contribution in [-0.2, 0) is 6.18 Å². The number of hydrogen-bond donors (Lipinski definition) is 1. The van der Waals surface area contributed by atoms with E-state index in [4.69, 9.17) is 4.74 Å². The number of nitrogens with one attached hydrogen (secondary N) is 1. The minimum atomic E-state index is -4.36. The van der Waals surface area contributed by atoms with E-state index in [2.05, 4.69) is 5.32 Å². The lowest BCUT2D eigenvalue weighted by Gasteiger charge is -2.07. The van der Waals surface area contributed by atoms with Crippen molar-refractivity contribution in [3.63, 3.8) is 0 Å². The van der Waals surface area contributed by atoms with Gasteiger partial charge in [0.15, 0.2) is 5.78 Å². The largest absolute Gasteiger partial charge is 0.497 e. The van der Waals surface area contributed by atoms with E-state index in [1.54, 1.807) is 24.3 Å². The fraction of sp³-hybridized carbons (Fsp3) is 0.118. The molecule has 1 N–H and O–H groups in total. The van der Waals surface area contributed by atoms with Gasteiger partial charge in [-0.1, -0.05) is 0 Å². The fourth-order valence-corrected chi connectivity index (χ4v) is 1.82. The summed E-state index contributed by atoms with van der Waals surface area (Å²) in [6, 6.07) is 11.1. The molecule has 0 amide bonds. The number of carbonyl (C=O) groups excluding carboxylic acids is 1. The molecule has 0 aliphatic carbocycles. The van der Waals surface area contributed by atoms with E-state index < -0.39 is 11.7 Å². The molecule has 0 bridgehead atoms. The maximum Gasteiger partial charge on any atom is 0.416 e. The summed E-state index contributed by atoms with van der Waals surface area (Å²) in [6.07, 6.45) is -1.67. The molecule has 0 heterocycles. The van der Waals surface area contributed by atoms with Gasteiger partial charge < -0.3 is 10.1 Å². The van der Waals surface area contributed by atoms with Gasteiger partial charge in [-0.3, -0.25) is 4.79 Å². The van der Waals surface area contributed by atoms with E-state index in [0.29, 0.717) is 17.0 Å². The van der Waals surface area contributed by atoms with Crippen molar-refractivity contribution in [3.8, 4) is 5.75 Å². The monoisotopic (exact) mass is 321 g/mol. The Hall–Kier alpha value is -2.76. The number of benzene rings is 2. The first kappa shape index (κ1) is 16.6. The van der Waals surface area contributed by atoms with Crippen LogP contribution in [-0.4, -0.2) is 12.9 Å². The molecule has 120 valence electrons. The normalized spacial score (nSPS) is 11.5. The van der Waals surface area contributed by atoms with E-state index in [1.165, 1.54) is 31.5 Å². The Bertz CT molecular complexity index is 689. The van der Waals surface area contributed by atoms with E-state index in [9.17, 15) is 18.0 Å². The van der Waals surface area contributed by atoms with Gasteiger partial charge >= 0.3 is 6.18 Å². The minimum Gasteiger partial charge on any atom is -0.497 e.